The van der Waals surface area contributed by atoms with E-state index in [1.807, 2.05) is 51.1 Å². The summed E-state index contributed by atoms with van der Waals surface area (Å²) in [6.07, 6.45) is 2.79. The van der Waals surface area contributed by atoms with Gasteiger partial charge >= 0.3 is 0 Å². The Morgan fingerprint density at radius 3 is 2.88 bits per heavy atom. The number of nitrogens with one attached hydrogen (secondary N) is 4. The number of aromatic amines is 1. The zero-order valence-corrected chi connectivity index (χ0v) is 18.8. The summed E-state index contributed by atoms with van der Waals surface area (Å²) in [5.74, 6) is 0.768. The standard InChI is InChI=1S/C23H26N8O2/c1-23(2,3)22-28-20(31-33-22)21(32)27-14-6-4-5-13(11-14)16-8-10-25-18-17(16)19(30-29-18)26-15-7-9-24-12-15/h4-6,8,10-11,15,24H,7,9,12H2,1-3H3,(H,27,32)(H2,25,26,29,30)/t15-/m0/s1. The van der Waals surface area contributed by atoms with Gasteiger partial charge in [0.05, 0.1) is 5.39 Å². The highest BCUT2D eigenvalue weighted by atomic mass is 16.5. The summed E-state index contributed by atoms with van der Waals surface area (Å²) in [7, 11) is 0. The fourth-order valence-corrected chi connectivity index (χ4v) is 3.84. The van der Waals surface area contributed by atoms with Gasteiger partial charge in [-0.05, 0) is 42.3 Å². The first-order valence-corrected chi connectivity index (χ1v) is 10.9. The molecule has 0 bridgehead atoms. The van der Waals surface area contributed by atoms with Gasteiger partial charge in [0, 0.05) is 29.9 Å². The van der Waals surface area contributed by atoms with E-state index in [1.165, 1.54) is 0 Å². The maximum atomic E-state index is 12.7. The van der Waals surface area contributed by atoms with Crippen molar-refractivity contribution >= 4 is 28.4 Å². The van der Waals surface area contributed by atoms with Crippen LogP contribution in [0.15, 0.2) is 41.1 Å². The minimum Gasteiger partial charge on any atom is -0.364 e. The lowest BCUT2D eigenvalue weighted by atomic mass is 9.97. The highest BCUT2D eigenvalue weighted by Gasteiger charge is 2.24. The van der Waals surface area contributed by atoms with Crippen molar-refractivity contribution in [1.82, 2.24) is 30.6 Å². The number of hydrogen-bond donors (Lipinski definition) is 4. The molecular formula is C23H26N8O2. The molecule has 1 amide bonds. The predicted octanol–water partition coefficient (Wildman–Crippen LogP) is 3.33. The predicted molar refractivity (Wildman–Crippen MR) is 125 cm³/mol. The van der Waals surface area contributed by atoms with Crippen molar-refractivity contribution in [2.45, 2.75) is 38.6 Å². The number of carbonyl (C=O) groups excluding carboxylic acids is 1. The lowest BCUT2D eigenvalue weighted by molar-refractivity contribution is 0.101. The van der Waals surface area contributed by atoms with E-state index >= 15 is 0 Å². The summed E-state index contributed by atoms with van der Waals surface area (Å²) in [5.41, 5.74) is 2.90. The minimum absolute atomic E-state index is 0.00289. The molecule has 0 aliphatic carbocycles. The fourth-order valence-electron chi connectivity index (χ4n) is 3.84. The molecule has 0 spiro atoms. The van der Waals surface area contributed by atoms with E-state index in [0.717, 1.165) is 41.8 Å². The van der Waals surface area contributed by atoms with Crippen LogP contribution in [0.5, 0.6) is 0 Å². The number of amides is 1. The topological polar surface area (TPSA) is 134 Å². The third-order valence-electron chi connectivity index (χ3n) is 5.56. The fraction of sp³-hybridized carbons (Fsp3) is 0.348. The second-order valence-electron chi connectivity index (χ2n) is 9.20. The zero-order valence-electron chi connectivity index (χ0n) is 18.8. The molecule has 0 radical (unpaired) electrons. The Hall–Kier alpha value is -3.79. The summed E-state index contributed by atoms with van der Waals surface area (Å²) in [4.78, 5) is 21.3. The van der Waals surface area contributed by atoms with Crippen LogP contribution in [0.2, 0.25) is 0 Å². The quantitative estimate of drug-likeness (QED) is 0.367. The molecule has 170 valence electrons. The molecule has 1 aliphatic heterocycles. The van der Waals surface area contributed by atoms with Crippen molar-refractivity contribution in [3.05, 3.63) is 48.2 Å². The second kappa shape index (κ2) is 8.28. The molecule has 1 saturated heterocycles. The molecule has 4 aromatic rings. The Bertz CT molecular complexity index is 1300. The molecule has 1 aliphatic rings. The minimum atomic E-state index is -0.425. The summed E-state index contributed by atoms with van der Waals surface area (Å²) in [6, 6.07) is 9.88. The molecule has 0 unspecified atom stereocenters. The number of anilines is 2. The van der Waals surface area contributed by atoms with E-state index in [2.05, 4.69) is 41.3 Å². The molecule has 4 heterocycles. The molecule has 0 saturated carbocycles. The number of aromatic nitrogens is 5. The van der Waals surface area contributed by atoms with Crippen LogP contribution in [0, 0.1) is 0 Å². The van der Waals surface area contributed by atoms with Gasteiger partial charge in [0.15, 0.2) is 11.5 Å². The molecule has 10 heteroatoms. The number of rotatable bonds is 5. The number of hydrogen-bond acceptors (Lipinski definition) is 8. The van der Waals surface area contributed by atoms with Gasteiger partial charge in [-0.1, -0.05) is 38.1 Å². The Kier molecular flexibility index (Phi) is 5.29. The number of carbonyl (C=O) groups is 1. The van der Waals surface area contributed by atoms with Gasteiger partial charge in [0.2, 0.25) is 5.89 Å². The van der Waals surface area contributed by atoms with E-state index < -0.39 is 5.91 Å². The summed E-state index contributed by atoms with van der Waals surface area (Å²) >= 11 is 0. The molecule has 10 nitrogen and oxygen atoms in total. The molecule has 1 aromatic carbocycles. The van der Waals surface area contributed by atoms with Crippen LogP contribution in [0.1, 0.15) is 43.7 Å². The summed E-state index contributed by atoms with van der Waals surface area (Å²) in [5, 5.41) is 21.9. The van der Waals surface area contributed by atoms with Crippen molar-refractivity contribution in [3.8, 4) is 11.1 Å². The van der Waals surface area contributed by atoms with Crippen LogP contribution in [-0.2, 0) is 5.41 Å². The van der Waals surface area contributed by atoms with Crippen molar-refractivity contribution in [2.24, 2.45) is 0 Å². The van der Waals surface area contributed by atoms with Crippen LogP contribution >= 0.6 is 0 Å². The monoisotopic (exact) mass is 446 g/mol. The van der Waals surface area contributed by atoms with Gasteiger partial charge in [-0.3, -0.25) is 9.89 Å². The Balaban J connectivity index is 1.43. The molecule has 4 N–H and O–H groups in total. The number of pyridine rings is 1. The Morgan fingerprint density at radius 2 is 2.12 bits per heavy atom. The van der Waals surface area contributed by atoms with Crippen molar-refractivity contribution < 1.29 is 9.32 Å². The number of fused-ring (bicyclic) bond motifs is 1. The number of benzene rings is 1. The summed E-state index contributed by atoms with van der Waals surface area (Å²) in [6.45, 7) is 7.74. The van der Waals surface area contributed by atoms with Crippen LogP contribution in [-0.4, -0.2) is 50.4 Å². The van der Waals surface area contributed by atoms with Crippen molar-refractivity contribution in [1.29, 1.82) is 0 Å². The first-order chi connectivity index (χ1) is 15.9. The first-order valence-electron chi connectivity index (χ1n) is 10.9. The lowest BCUT2D eigenvalue weighted by Crippen LogP contribution is -2.22. The smallest absolute Gasteiger partial charge is 0.297 e. The van der Waals surface area contributed by atoms with E-state index in [-0.39, 0.29) is 11.2 Å². The van der Waals surface area contributed by atoms with Crippen LogP contribution < -0.4 is 16.0 Å². The van der Waals surface area contributed by atoms with E-state index in [9.17, 15) is 4.79 Å². The van der Waals surface area contributed by atoms with Gasteiger partial charge in [0.1, 0.15) is 0 Å². The lowest BCUT2D eigenvalue weighted by Gasteiger charge is -2.12. The zero-order chi connectivity index (χ0) is 23.0. The van der Waals surface area contributed by atoms with Crippen LogP contribution in [0.25, 0.3) is 22.2 Å². The first kappa shape index (κ1) is 21.1. The Morgan fingerprint density at radius 1 is 1.24 bits per heavy atom. The van der Waals surface area contributed by atoms with Gasteiger partial charge in [-0.25, -0.2) is 4.98 Å². The molecule has 1 atom stereocenters. The van der Waals surface area contributed by atoms with Crippen molar-refractivity contribution in [2.75, 3.05) is 23.7 Å². The molecule has 1 fully saturated rings. The van der Waals surface area contributed by atoms with E-state index in [0.29, 0.717) is 23.3 Å². The largest absolute Gasteiger partial charge is 0.364 e. The molecule has 3 aromatic heterocycles. The highest BCUT2D eigenvalue weighted by molar-refractivity contribution is 6.03. The van der Waals surface area contributed by atoms with Crippen molar-refractivity contribution in [3.63, 3.8) is 0 Å². The van der Waals surface area contributed by atoms with Gasteiger partial charge in [-0.2, -0.15) is 10.1 Å². The van der Waals surface area contributed by atoms with Crippen LogP contribution in [0.4, 0.5) is 11.5 Å². The maximum Gasteiger partial charge on any atom is 0.297 e. The molecular weight excluding hydrogens is 420 g/mol. The highest BCUT2D eigenvalue weighted by Crippen LogP contribution is 2.33. The third kappa shape index (κ3) is 4.29. The molecule has 33 heavy (non-hydrogen) atoms. The SMILES string of the molecule is CC(C)(C)c1nc(C(=O)Nc2cccc(-c3ccnc4[nH]nc(N[C@H]5CCNC5)c34)c2)no1. The molecule has 5 rings (SSSR count). The van der Waals surface area contributed by atoms with Crippen LogP contribution in [0.3, 0.4) is 0 Å². The average Bonchev–Trinajstić information content (AvgIpc) is 3.55. The van der Waals surface area contributed by atoms with Gasteiger partial charge < -0.3 is 20.5 Å². The van der Waals surface area contributed by atoms with Gasteiger partial charge in [-0.15, -0.1) is 0 Å². The van der Waals surface area contributed by atoms with E-state index in [4.69, 9.17) is 4.52 Å². The number of nitrogens with zero attached hydrogens (tertiary/aromatic N) is 4. The Labute approximate surface area is 190 Å². The average molecular weight is 447 g/mol. The number of H-pyrrole nitrogens is 1. The third-order valence-corrected chi connectivity index (χ3v) is 5.56. The van der Waals surface area contributed by atoms with E-state index in [1.54, 1.807) is 6.20 Å². The normalized spacial score (nSPS) is 16.3. The maximum absolute atomic E-state index is 12.7. The van der Waals surface area contributed by atoms with Gasteiger partial charge in [0.25, 0.3) is 11.7 Å². The second-order valence-corrected chi connectivity index (χ2v) is 9.20. The summed E-state index contributed by atoms with van der Waals surface area (Å²) < 4.78 is 5.24.